The Hall–Kier alpha value is -5.87. The van der Waals surface area contributed by atoms with Crippen molar-refractivity contribution < 1.29 is 4.42 Å². The van der Waals surface area contributed by atoms with Gasteiger partial charge >= 0.3 is 0 Å². The fourth-order valence-corrected chi connectivity index (χ4v) is 7.57. The van der Waals surface area contributed by atoms with Crippen LogP contribution >= 0.6 is 0 Å². The molecule has 4 nitrogen and oxygen atoms in total. The summed E-state index contributed by atoms with van der Waals surface area (Å²) in [6.07, 6.45) is 0. The number of furan rings is 1. The van der Waals surface area contributed by atoms with E-state index in [0.29, 0.717) is 17.5 Å². The second kappa shape index (κ2) is 10.8. The van der Waals surface area contributed by atoms with Gasteiger partial charge in [-0.3, -0.25) is 0 Å². The van der Waals surface area contributed by atoms with Crippen molar-refractivity contribution in [2.75, 3.05) is 0 Å². The molecular formula is C45H35N3O. The Bertz CT molecular complexity index is 2560. The maximum absolute atomic E-state index is 6.27. The Morgan fingerprint density at radius 2 is 0.980 bits per heavy atom. The van der Waals surface area contributed by atoms with E-state index in [1.807, 2.05) is 36.4 Å². The SMILES string of the molecule is CC1(C)c2ccccc2-c2cc(-c3nc(-c4cccc(-c5ccccc5)c4)nc(-c4cccc5oc6ccccc6c45)n3)ccc2C1(C)C. The molecule has 0 spiro atoms. The zero-order valence-electron chi connectivity index (χ0n) is 28.0. The van der Waals surface area contributed by atoms with Crippen LogP contribution in [-0.4, -0.2) is 15.0 Å². The van der Waals surface area contributed by atoms with Crippen LogP contribution in [0.3, 0.4) is 0 Å². The summed E-state index contributed by atoms with van der Waals surface area (Å²) < 4.78 is 6.27. The summed E-state index contributed by atoms with van der Waals surface area (Å²) in [4.78, 5) is 15.6. The van der Waals surface area contributed by atoms with E-state index in [9.17, 15) is 0 Å². The van der Waals surface area contributed by atoms with Gasteiger partial charge < -0.3 is 4.42 Å². The Morgan fingerprint density at radius 3 is 1.80 bits per heavy atom. The molecule has 0 aliphatic heterocycles. The molecule has 236 valence electrons. The normalized spacial score (nSPS) is 14.4. The van der Waals surface area contributed by atoms with Crippen molar-refractivity contribution in [1.29, 1.82) is 0 Å². The molecule has 49 heavy (non-hydrogen) atoms. The molecule has 1 aliphatic carbocycles. The highest BCUT2D eigenvalue weighted by Gasteiger charge is 2.45. The number of benzene rings is 6. The lowest BCUT2D eigenvalue weighted by molar-refractivity contribution is 0.299. The number of aromatic nitrogens is 3. The van der Waals surface area contributed by atoms with Crippen LogP contribution in [-0.2, 0) is 10.8 Å². The molecule has 0 saturated carbocycles. The van der Waals surface area contributed by atoms with Crippen molar-refractivity contribution in [3.05, 3.63) is 151 Å². The minimum atomic E-state index is -0.0828. The topological polar surface area (TPSA) is 51.8 Å². The smallest absolute Gasteiger partial charge is 0.164 e. The molecule has 9 rings (SSSR count). The van der Waals surface area contributed by atoms with Crippen molar-refractivity contribution in [3.63, 3.8) is 0 Å². The quantitative estimate of drug-likeness (QED) is 0.193. The summed E-state index contributed by atoms with van der Waals surface area (Å²) in [5.74, 6) is 1.88. The number of rotatable bonds is 4. The zero-order valence-corrected chi connectivity index (χ0v) is 28.0. The molecule has 0 atom stereocenters. The second-order valence-corrected chi connectivity index (χ2v) is 14.1. The summed E-state index contributed by atoms with van der Waals surface area (Å²) in [7, 11) is 0. The predicted octanol–water partition coefficient (Wildman–Crippen LogP) is 11.7. The number of fused-ring (bicyclic) bond motifs is 6. The molecule has 1 aliphatic rings. The van der Waals surface area contributed by atoms with E-state index in [0.717, 1.165) is 49.8 Å². The Balaban J connectivity index is 1.29. The van der Waals surface area contributed by atoms with Crippen LogP contribution in [0.4, 0.5) is 0 Å². The van der Waals surface area contributed by atoms with Gasteiger partial charge in [0.25, 0.3) is 0 Å². The van der Waals surface area contributed by atoms with Crippen molar-refractivity contribution in [3.8, 4) is 56.4 Å². The zero-order chi connectivity index (χ0) is 33.3. The predicted molar refractivity (Wildman–Crippen MR) is 200 cm³/mol. The van der Waals surface area contributed by atoms with Gasteiger partial charge in [-0.25, -0.2) is 15.0 Å². The standard InChI is InChI=1S/C45H35N3O/c1-44(2)36-21-10-8-18-32(36)35-27-31(24-25-37(35)45(44,3)4)42-46-41(30-17-12-16-29(26-30)28-14-6-5-7-15-28)47-43(48-42)34-20-13-23-39-40(34)33-19-9-11-22-38(33)49-39/h5-27H,1-4H3. The Labute approximate surface area is 286 Å². The minimum Gasteiger partial charge on any atom is -0.456 e. The Morgan fingerprint density at radius 1 is 0.408 bits per heavy atom. The van der Waals surface area contributed by atoms with E-state index in [1.165, 1.54) is 22.3 Å². The first kappa shape index (κ1) is 29.3. The number of nitrogens with zero attached hydrogens (tertiary/aromatic N) is 3. The minimum absolute atomic E-state index is 0.0402. The van der Waals surface area contributed by atoms with E-state index in [1.54, 1.807) is 0 Å². The average Bonchev–Trinajstić information content (AvgIpc) is 3.53. The van der Waals surface area contributed by atoms with Crippen LogP contribution in [0.5, 0.6) is 0 Å². The lowest BCUT2D eigenvalue weighted by Gasteiger charge is -2.48. The van der Waals surface area contributed by atoms with Gasteiger partial charge in [0.2, 0.25) is 0 Å². The van der Waals surface area contributed by atoms with Crippen LogP contribution in [0.15, 0.2) is 144 Å². The lowest BCUT2D eigenvalue weighted by atomic mass is 9.55. The van der Waals surface area contributed by atoms with Gasteiger partial charge in [0.05, 0.1) is 0 Å². The van der Waals surface area contributed by atoms with Gasteiger partial charge in [-0.05, 0) is 68.5 Å². The maximum Gasteiger partial charge on any atom is 0.164 e. The molecule has 0 radical (unpaired) electrons. The van der Waals surface area contributed by atoms with Crippen LogP contribution < -0.4 is 0 Å². The molecule has 0 bridgehead atoms. The molecule has 0 unspecified atom stereocenters. The number of hydrogen-bond donors (Lipinski definition) is 0. The van der Waals surface area contributed by atoms with Gasteiger partial charge in [0.15, 0.2) is 17.5 Å². The summed E-state index contributed by atoms with van der Waals surface area (Å²) >= 11 is 0. The average molecular weight is 634 g/mol. The van der Waals surface area contributed by atoms with Gasteiger partial charge in [0.1, 0.15) is 11.2 Å². The summed E-state index contributed by atoms with van der Waals surface area (Å²) in [5.41, 5.74) is 11.8. The highest BCUT2D eigenvalue weighted by molar-refractivity contribution is 6.11. The first-order valence-corrected chi connectivity index (χ1v) is 16.9. The largest absolute Gasteiger partial charge is 0.456 e. The lowest BCUT2D eigenvalue weighted by Crippen LogP contribution is -2.43. The molecule has 8 aromatic rings. The molecule has 6 aromatic carbocycles. The summed E-state index contributed by atoms with van der Waals surface area (Å²) in [6.45, 7) is 9.43. The van der Waals surface area contributed by atoms with E-state index in [-0.39, 0.29) is 10.8 Å². The van der Waals surface area contributed by atoms with Gasteiger partial charge in [-0.2, -0.15) is 0 Å². The molecule has 0 saturated heterocycles. The van der Waals surface area contributed by atoms with Crippen molar-refractivity contribution in [2.24, 2.45) is 0 Å². The molecular weight excluding hydrogens is 599 g/mol. The maximum atomic E-state index is 6.27. The van der Waals surface area contributed by atoms with Crippen LogP contribution in [0.2, 0.25) is 0 Å². The molecule has 2 aromatic heterocycles. The van der Waals surface area contributed by atoms with Gasteiger partial charge in [-0.15, -0.1) is 0 Å². The van der Waals surface area contributed by atoms with E-state index in [4.69, 9.17) is 19.4 Å². The molecule has 4 heteroatoms. The van der Waals surface area contributed by atoms with Gasteiger partial charge in [-0.1, -0.05) is 143 Å². The van der Waals surface area contributed by atoms with E-state index in [2.05, 4.69) is 131 Å². The fourth-order valence-electron chi connectivity index (χ4n) is 7.57. The molecule has 2 heterocycles. The third kappa shape index (κ3) is 4.55. The highest BCUT2D eigenvalue weighted by atomic mass is 16.3. The Kier molecular flexibility index (Phi) is 6.47. The van der Waals surface area contributed by atoms with Crippen molar-refractivity contribution in [1.82, 2.24) is 15.0 Å². The van der Waals surface area contributed by atoms with Crippen LogP contribution in [0, 0.1) is 0 Å². The molecule has 0 N–H and O–H groups in total. The summed E-state index contributed by atoms with van der Waals surface area (Å²) in [5, 5.41) is 2.04. The van der Waals surface area contributed by atoms with Crippen molar-refractivity contribution >= 4 is 21.9 Å². The summed E-state index contributed by atoms with van der Waals surface area (Å²) in [6, 6.07) is 48.7. The third-order valence-corrected chi connectivity index (χ3v) is 10.9. The van der Waals surface area contributed by atoms with Crippen LogP contribution in [0.25, 0.3) is 78.4 Å². The molecule has 0 fully saturated rings. The second-order valence-electron chi connectivity index (χ2n) is 14.1. The number of hydrogen-bond acceptors (Lipinski definition) is 4. The van der Waals surface area contributed by atoms with Crippen LogP contribution in [0.1, 0.15) is 38.8 Å². The van der Waals surface area contributed by atoms with Crippen molar-refractivity contribution in [2.45, 2.75) is 38.5 Å². The monoisotopic (exact) mass is 633 g/mol. The number of para-hydroxylation sites is 1. The van der Waals surface area contributed by atoms with Gasteiger partial charge in [0, 0.05) is 27.5 Å². The van der Waals surface area contributed by atoms with E-state index < -0.39 is 0 Å². The first-order valence-electron chi connectivity index (χ1n) is 16.9. The first-order chi connectivity index (χ1) is 23.8. The van der Waals surface area contributed by atoms with E-state index >= 15 is 0 Å². The third-order valence-electron chi connectivity index (χ3n) is 10.9. The fraction of sp³-hybridized carbons (Fsp3) is 0.133. The molecule has 0 amide bonds. The highest BCUT2D eigenvalue weighted by Crippen LogP contribution is 2.54.